The lowest BCUT2D eigenvalue weighted by Crippen LogP contribution is -2.60. The molecule has 0 aliphatic rings. The molecular formula is C28H32F9NO3. The van der Waals surface area contributed by atoms with Crippen LogP contribution >= 0.6 is 0 Å². The molecule has 2 aromatic rings. The van der Waals surface area contributed by atoms with Gasteiger partial charge in [-0.05, 0) is 55.2 Å². The zero-order valence-corrected chi connectivity index (χ0v) is 22.5. The third-order valence-electron chi connectivity index (χ3n) is 6.29. The standard InChI is InChI=1S/C28H32F9NO3/c1-3-19(2)18-41-22-12-9-21(10-13-22)38-17-20-8-11-23(16-24(20)39)40-15-7-5-4-6-14-25(29,30)26(31,32)27(33,34)28(35,36)37/h8-13,16-17,19,39H,3-7,14-15,18H2,1-2H3/t19-/m0/s1. The van der Waals surface area contributed by atoms with E-state index in [1.54, 1.807) is 36.4 Å². The monoisotopic (exact) mass is 601 g/mol. The molecule has 230 valence electrons. The summed E-state index contributed by atoms with van der Waals surface area (Å²) >= 11 is 0. The third kappa shape index (κ3) is 9.19. The van der Waals surface area contributed by atoms with Crippen LogP contribution in [0.2, 0.25) is 0 Å². The smallest absolute Gasteiger partial charge is 0.460 e. The number of unbranched alkanes of at least 4 members (excludes halogenated alkanes) is 3. The summed E-state index contributed by atoms with van der Waals surface area (Å²) in [5.74, 6) is -17.7. The van der Waals surface area contributed by atoms with Crippen LogP contribution in [0.3, 0.4) is 0 Å². The van der Waals surface area contributed by atoms with Crippen molar-refractivity contribution in [2.45, 2.75) is 76.3 Å². The Balaban J connectivity index is 1.76. The Morgan fingerprint density at radius 3 is 2.00 bits per heavy atom. The van der Waals surface area contributed by atoms with Crippen LogP contribution in [0.15, 0.2) is 47.5 Å². The van der Waals surface area contributed by atoms with Gasteiger partial charge in [0.1, 0.15) is 17.2 Å². The van der Waals surface area contributed by atoms with E-state index in [0.29, 0.717) is 23.8 Å². The predicted octanol–water partition coefficient (Wildman–Crippen LogP) is 9.37. The summed E-state index contributed by atoms with van der Waals surface area (Å²) in [7, 11) is 0. The van der Waals surface area contributed by atoms with Crippen molar-refractivity contribution >= 4 is 11.9 Å². The fourth-order valence-electron chi connectivity index (χ4n) is 3.41. The Hall–Kier alpha value is -3.12. The first kappa shape index (κ1) is 34.1. The number of aromatic hydroxyl groups is 1. The van der Waals surface area contributed by atoms with Gasteiger partial charge in [-0.2, -0.15) is 39.5 Å². The molecule has 0 aliphatic heterocycles. The Morgan fingerprint density at radius 1 is 0.805 bits per heavy atom. The summed E-state index contributed by atoms with van der Waals surface area (Å²) in [5, 5.41) is 10.2. The number of alkyl halides is 9. The molecule has 0 aromatic heterocycles. The quantitative estimate of drug-likeness (QED) is 0.119. The second kappa shape index (κ2) is 14.2. The van der Waals surface area contributed by atoms with Gasteiger partial charge >= 0.3 is 23.9 Å². The summed E-state index contributed by atoms with van der Waals surface area (Å²) < 4.78 is 127. The van der Waals surface area contributed by atoms with Gasteiger partial charge in [-0.1, -0.05) is 33.1 Å². The second-order valence-corrected chi connectivity index (χ2v) is 9.66. The first-order chi connectivity index (χ1) is 19.0. The molecule has 0 bridgehead atoms. The van der Waals surface area contributed by atoms with Gasteiger partial charge in [0, 0.05) is 24.3 Å². The Labute approximate surface area is 232 Å². The van der Waals surface area contributed by atoms with Gasteiger partial charge in [0.15, 0.2) is 0 Å². The Kier molecular flexibility index (Phi) is 11.8. The normalized spacial score (nSPS) is 13.9. The molecule has 0 aliphatic carbocycles. The number of phenols is 1. The minimum absolute atomic E-state index is 0.0526. The first-order valence-electron chi connectivity index (χ1n) is 12.9. The van der Waals surface area contributed by atoms with Gasteiger partial charge in [-0.25, -0.2) is 0 Å². The first-order valence-corrected chi connectivity index (χ1v) is 12.9. The van der Waals surface area contributed by atoms with Gasteiger partial charge in [-0.3, -0.25) is 4.99 Å². The van der Waals surface area contributed by atoms with Crippen LogP contribution in [0.25, 0.3) is 0 Å². The average molecular weight is 602 g/mol. The highest BCUT2D eigenvalue weighted by atomic mass is 19.4. The fraction of sp³-hybridized carbons (Fsp3) is 0.536. The van der Waals surface area contributed by atoms with Crippen LogP contribution in [-0.4, -0.2) is 48.5 Å². The van der Waals surface area contributed by atoms with E-state index in [0.717, 1.165) is 12.2 Å². The van der Waals surface area contributed by atoms with E-state index >= 15 is 0 Å². The molecule has 0 spiro atoms. The molecule has 0 amide bonds. The third-order valence-corrected chi connectivity index (χ3v) is 6.29. The number of benzene rings is 2. The molecule has 0 unspecified atom stereocenters. The Morgan fingerprint density at radius 2 is 1.41 bits per heavy atom. The molecule has 1 atom stereocenters. The van der Waals surface area contributed by atoms with Gasteiger partial charge < -0.3 is 14.6 Å². The molecule has 0 heterocycles. The molecule has 0 fully saturated rings. The van der Waals surface area contributed by atoms with Crippen LogP contribution in [0.5, 0.6) is 17.2 Å². The van der Waals surface area contributed by atoms with Gasteiger partial charge in [0.2, 0.25) is 0 Å². The number of aliphatic imine (C=N–C) groups is 1. The summed E-state index contributed by atoms with van der Waals surface area (Å²) in [6, 6.07) is 11.5. The molecule has 1 N–H and O–H groups in total. The van der Waals surface area contributed by atoms with Crippen molar-refractivity contribution in [2.24, 2.45) is 10.9 Å². The van der Waals surface area contributed by atoms with E-state index in [1.165, 1.54) is 12.3 Å². The van der Waals surface area contributed by atoms with E-state index in [2.05, 4.69) is 18.8 Å². The van der Waals surface area contributed by atoms with Crippen LogP contribution in [0, 0.1) is 5.92 Å². The Bertz CT molecular complexity index is 1120. The van der Waals surface area contributed by atoms with Gasteiger partial charge in [0.05, 0.1) is 18.9 Å². The van der Waals surface area contributed by atoms with Crippen LogP contribution in [0.4, 0.5) is 45.2 Å². The van der Waals surface area contributed by atoms with Crippen molar-refractivity contribution < 1.29 is 54.1 Å². The van der Waals surface area contributed by atoms with E-state index in [4.69, 9.17) is 9.47 Å². The highest BCUT2D eigenvalue weighted by Gasteiger charge is 2.81. The van der Waals surface area contributed by atoms with Crippen molar-refractivity contribution in [1.29, 1.82) is 0 Å². The summed E-state index contributed by atoms with van der Waals surface area (Å²) in [6.45, 7) is 4.84. The zero-order chi connectivity index (χ0) is 30.9. The molecule has 41 heavy (non-hydrogen) atoms. The van der Waals surface area contributed by atoms with E-state index in [-0.39, 0.29) is 37.4 Å². The maximum atomic E-state index is 13.5. The van der Waals surface area contributed by atoms with Gasteiger partial charge in [-0.15, -0.1) is 0 Å². The summed E-state index contributed by atoms with van der Waals surface area (Å²) in [4.78, 5) is 4.30. The number of hydrogen-bond acceptors (Lipinski definition) is 4. The molecule has 0 radical (unpaired) electrons. The van der Waals surface area contributed by atoms with Crippen molar-refractivity contribution in [3.63, 3.8) is 0 Å². The molecule has 2 rings (SSSR count). The van der Waals surface area contributed by atoms with E-state index < -0.39 is 36.8 Å². The maximum absolute atomic E-state index is 13.5. The number of nitrogens with zero attached hydrogens (tertiary/aromatic N) is 1. The highest BCUT2D eigenvalue weighted by molar-refractivity contribution is 5.85. The van der Waals surface area contributed by atoms with Crippen LogP contribution in [-0.2, 0) is 0 Å². The van der Waals surface area contributed by atoms with Crippen LogP contribution < -0.4 is 9.47 Å². The van der Waals surface area contributed by atoms with Crippen molar-refractivity contribution in [2.75, 3.05) is 13.2 Å². The number of ether oxygens (including phenoxy) is 2. The molecule has 13 heteroatoms. The topological polar surface area (TPSA) is 51.0 Å². The molecule has 0 saturated carbocycles. The van der Waals surface area contributed by atoms with Crippen molar-refractivity contribution in [3.8, 4) is 17.2 Å². The number of rotatable bonds is 16. The zero-order valence-electron chi connectivity index (χ0n) is 22.5. The minimum Gasteiger partial charge on any atom is -0.507 e. The number of phenolic OH excluding ortho intramolecular Hbond substituents is 1. The maximum Gasteiger partial charge on any atom is 0.460 e. The highest BCUT2D eigenvalue weighted by Crippen LogP contribution is 2.54. The average Bonchev–Trinajstić information content (AvgIpc) is 2.90. The summed E-state index contributed by atoms with van der Waals surface area (Å²) in [5.41, 5.74) is 1.04. The van der Waals surface area contributed by atoms with E-state index in [9.17, 15) is 44.6 Å². The van der Waals surface area contributed by atoms with Crippen LogP contribution in [0.1, 0.15) is 57.9 Å². The lowest BCUT2D eigenvalue weighted by Gasteiger charge is -2.33. The predicted molar refractivity (Wildman–Crippen MR) is 136 cm³/mol. The van der Waals surface area contributed by atoms with Crippen molar-refractivity contribution in [1.82, 2.24) is 0 Å². The fourth-order valence-corrected chi connectivity index (χ4v) is 3.41. The lowest BCUT2D eigenvalue weighted by atomic mass is 9.98. The minimum atomic E-state index is -6.86. The van der Waals surface area contributed by atoms with Gasteiger partial charge in [0.25, 0.3) is 0 Å². The number of halogens is 9. The molecule has 0 saturated heterocycles. The van der Waals surface area contributed by atoms with Crippen molar-refractivity contribution in [3.05, 3.63) is 48.0 Å². The molecular weight excluding hydrogens is 569 g/mol. The van der Waals surface area contributed by atoms with E-state index in [1.807, 2.05) is 0 Å². The largest absolute Gasteiger partial charge is 0.507 e. The SMILES string of the molecule is CC[C@H](C)COc1ccc(N=Cc2ccc(OCCCCCCC(F)(F)C(F)(F)C(F)(F)C(F)(F)F)cc2O)cc1. The second-order valence-electron chi connectivity index (χ2n) is 9.66. The lowest BCUT2D eigenvalue weighted by molar-refractivity contribution is -0.396. The molecule has 4 nitrogen and oxygen atoms in total. The molecule has 2 aromatic carbocycles. The summed E-state index contributed by atoms with van der Waals surface area (Å²) in [6.07, 6.45) is -6.59. The number of hydrogen-bond donors (Lipinski definition) is 1.